The van der Waals surface area contributed by atoms with Crippen molar-refractivity contribution in [2.24, 2.45) is 5.92 Å². The molecular weight excluding hydrogens is 398 g/mol. The molecule has 7 heteroatoms. The summed E-state index contributed by atoms with van der Waals surface area (Å²) in [6.07, 6.45) is 3.55. The Morgan fingerprint density at radius 1 is 1.03 bits per heavy atom. The van der Waals surface area contributed by atoms with E-state index >= 15 is 0 Å². The normalized spacial score (nSPS) is 16.6. The Balaban J connectivity index is 0.000000366. The molecule has 1 aliphatic heterocycles. The second-order valence-corrected chi connectivity index (χ2v) is 6.95. The van der Waals surface area contributed by atoms with E-state index in [-0.39, 0.29) is 6.10 Å². The highest BCUT2D eigenvalue weighted by atomic mass is 16.5. The van der Waals surface area contributed by atoms with Gasteiger partial charge >= 0.3 is 11.9 Å². The molecule has 0 amide bonds. The Morgan fingerprint density at radius 2 is 1.65 bits per heavy atom. The number of hydrogen-bond acceptors (Lipinski definition) is 5. The van der Waals surface area contributed by atoms with Gasteiger partial charge in [-0.15, -0.1) is 0 Å². The van der Waals surface area contributed by atoms with Gasteiger partial charge in [0.1, 0.15) is 6.10 Å². The van der Waals surface area contributed by atoms with Crippen LogP contribution in [0.5, 0.6) is 11.5 Å². The van der Waals surface area contributed by atoms with Gasteiger partial charge in [0.05, 0.1) is 6.61 Å². The Labute approximate surface area is 182 Å². The third kappa shape index (κ3) is 8.52. The lowest BCUT2D eigenvalue weighted by Crippen LogP contribution is -2.35. The van der Waals surface area contributed by atoms with Crippen molar-refractivity contribution in [1.82, 2.24) is 5.32 Å². The summed E-state index contributed by atoms with van der Waals surface area (Å²) in [4.78, 5) is 19.1. The first-order valence-corrected chi connectivity index (χ1v) is 10.3. The standard InChI is InChI=1S/C20H25NO2.C4H4O4/c1-2-22-18-12-6-7-13-19(18)23-20(16-9-4-3-5-10-16)17-11-8-14-21-15-17;5-3(6)1-2-4(7)8/h3-7,9-10,12-13,17,20-21H,2,8,11,14-15H2,1H3;1-2H,(H,5,6)(H,7,8)/t17?,20-;/m1./s1. The molecule has 7 nitrogen and oxygen atoms in total. The summed E-state index contributed by atoms with van der Waals surface area (Å²) in [6.45, 7) is 4.74. The van der Waals surface area contributed by atoms with Gasteiger partial charge < -0.3 is 25.0 Å². The van der Waals surface area contributed by atoms with E-state index < -0.39 is 11.9 Å². The maximum atomic E-state index is 9.55. The van der Waals surface area contributed by atoms with Crippen molar-refractivity contribution in [2.45, 2.75) is 25.9 Å². The number of carbonyl (C=O) groups is 2. The molecule has 1 saturated heterocycles. The average molecular weight is 427 g/mol. The summed E-state index contributed by atoms with van der Waals surface area (Å²) in [5.74, 6) is -0.394. The predicted molar refractivity (Wildman–Crippen MR) is 117 cm³/mol. The maximum absolute atomic E-state index is 9.55. The first kappa shape index (κ1) is 24.0. The van der Waals surface area contributed by atoms with Gasteiger partial charge in [-0.05, 0) is 44.0 Å². The third-order valence-corrected chi connectivity index (χ3v) is 4.66. The molecule has 0 aromatic heterocycles. The Hall–Kier alpha value is -3.32. The van der Waals surface area contributed by atoms with Crippen molar-refractivity contribution in [3.63, 3.8) is 0 Å². The minimum absolute atomic E-state index is 0.0469. The summed E-state index contributed by atoms with van der Waals surface area (Å²) in [5.41, 5.74) is 1.23. The van der Waals surface area contributed by atoms with Crippen LogP contribution in [0.15, 0.2) is 66.7 Å². The van der Waals surface area contributed by atoms with Gasteiger partial charge in [-0.3, -0.25) is 0 Å². The van der Waals surface area contributed by atoms with Gasteiger partial charge in [0, 0.05) is 24.6 Å². The SMILES string of the molecule is CCOc1ccccc1O[C@H](c1ccccc1)C1CCCNC1.O=C(O)C=CC(=O)O. The van der Waals surface area contributed by atoms with Crippen LogP contribution in [0.2, 0.25) is 0 Å². The highest BCUT2D eigenvalue weighted by molar-refractivity contribution is 5.89. The molecule has 1 unspecified atom stereocenters. The number of benzene rings is 2. The molecule has 166 valence electrons. The van der Waals surface area contributed by atoms with Crippen molar-refractivity contribution in [1.29, 1.82) is 0 Å². The first-order chi connectivity index (χ1) is 15.0. The topological polar surface area (TPSA) is 105 Å². The summed E-state index contributed by atoms with van der Waals surface area (Å²) in [6, 6.07) is 18.5. The number of aliphatic carboxylic acids is 2. The van der Waals surface area contributed by atoms with Crippen molar-refractivity contribution < 1.29 is 29.3 Å². The van der Waals surface area contributed by atoms with E-state index in [1.54, 1.807) is 0 Å². The van der Waals surface area contributed by atoms with Gasteiger partial charge in [0.15, 0.2) is 11.5 Å². The van der Waals surface area contributed by atoms with Crippen molar-refractivity contribution in [3.8, 4) is 11.5 Å². The molecule has 31 heavy (non-hydrogen) atoms. The summed E-state index contributed by atoms with van der Waals surface area (Å²) in [7, 11) is 0. The zero-order chi connectivity index (χ0) is 22.5. The van der Waals surface area contributed by atoms with E-state index in [1.165, 1.54) is 18.4 Å². The monoisotopic (exact) mass is 427 g/mol. The highest BCUT2D eigenvalue weighted by Crippen LogP contribution is 2.36. The van der Waals surface area contributed by atoms with Crippen LogP contribution < -0.4 is 14.8 Å². The fourth-order valence-corrected chi connectivity index (χ4v) is 3.32. The molecule has 2 atom stereocenters. The van der Waals surface area contributed by atoms with Gasteiger partial charge in [-0.25, -0.2) is 9.59 Å². The fraction of sp³-hybridized carbons (Fsp3) is 0.333. The van der Waals surface area contributed by atoms with Crippen LogP contribution in [0, 0.1) is 5.92 Å². The number of carboxylic acid groups (broad SMARTS) is 2. The van der Waals surface area contributed by atoms with Gasteiger partial charge in [0.2, 0.25) is 0 Å². The van der Waals surface area contributed by atoms with Crippen LogP contribution in [0.4, 0.5) is 0 Å². The van der Waals surface area contributed by atoms with Crippen molar-refractivity contribution in [2.75, 3.05) is 19.7 Å². The van der Waals surface area contributed by atoms with Gasteiger partial charge in [0.25, 0.3) is 0 Å². The molecule has 2 aromatic carbocycles. The molecule has 3 rings (SSSR count). The van der Waals surface area contributed by atoms with E-state index in [0.29, 0.717) is 24.7 Å². The van der Waals surface area contributed by atoms with E-state index in [9.17, 15) is 9.59 Å². The highest BCUT2D eigenvalue weighted by Gasteiger charge is 2.27. The molecule has 0 spiro atoms. The van der Waals surface area contributed by atoms with Crippen LogP contribution in [-0.4, -0.2) is 41.8 Å². The number of rotatable bonds is 8. The lowest BCUT2D eigenvalue weighted by atomic mass is 9.89. The van der Waals surface area contributed by atoms with Crippen molar-refractivity contribution in [3.05, 3.63) is 72.3 Å². The lowest BCUT2D eigenvalue weighted by molar-refractivity contribution is -0.134. The maximum Gasteiger partial charge on any atom is 0.328 e. The molecule has 0 bridgehead atoms. The Bertz CT molecular complexity index is 830. The predicted octanol–water partition coefficient (Wildman–Crippen LogP) is 3.92. The minimum atomic E-state index is -1.26. The molecule has 2 aromatic rings. The van der Waals surface area contributed by atoms with Crippen LogP contribution >= 0.6 is 0 Å². The quantitative estimate of drug-likeness (QED) is 0.549. The minimum Gasteiger partial charge on any atom is -0.490 e. The Kier molecular flexibility index (Phi) is 10.1. The fourth-order valence-electron chi connectivity index (χ4n) is 3.32. The number of hydrogen-bond donors (Lipinski definition) is 3. The van der Waals surface area contributed by atoms with Gasteiger partial charge in [-0.2, -0.15) is 0 Å². The van der Waals surface area contributed by atoms with Crippen LogP contribution in [0.1, 0.15) is 31.4 Å². The van der Waals surface area contributed by atoms with E-state index in [1.807, 2.05) is 37.3 Å². The van der Waals surface area contributed by atoms with Crippen molar-refractivity contribution >= 4 is 11.9 Å². The number of carboxylic acids is 2. The van der Waals surface area contributed by atoms with Crippen LogP contribution in [-0.2, 0) is 9.59 Å². The Morgan fingerprint density at radius 3 is 2.19 bits per heavy atom. The molecule has 0 radical (unpaired) electrons. The zero-order valence-corrected chi connectivity index (χ0v) is 17.6. The number of nitrogens with one attached hydrogen (secondary N) is 1. The largest absolute Gasteiger partial charge is 0.490 e. The molecule has 1 fully saturated rings. The summed E-state index contributed by atoms with van der Waals surface area (Å²) in [5, 5.41) is 19.1. The second-order valence-electron chi connectivity index (χ2n) is 6.95. The van der Waals surface area contributed by atoms with E-state index in [2.05, 4.69) is 29.6 Å². The smallest absolute Gasteiger partial charge is 0.328 e. The molecule has 0 aliphatic carbocycles. The lowest BCUT2D eigenvalue weighted by Gasteiger charge is -2.32. The summed E-state index contributed by atoms with van der Waals surface area (Å²) >= 11 is 0. The van der Waals surface area contributed by atoms with E-state index in [4.69, 9.17) is 19.7 Å². The first-order valence-electron chi connectivity index (χ1n) is 10.3. The molecule has 1 aliphatic rings. The van der Waals surface area contributed by atoms with Crippen LogP contribution in [0.3, 0.4) is 0 Å². The zero-order valence-electron chi connectivity index (χ0n) is 17.6. The molecule has 1 heterocycles. The molecular formula is C24H29NO6. The molecule has 0 saturated carbocycles. The molecule has 3 N–H and O–H groups in total. The van der Waals surface area contributed by atoms with E-state index in [0.717, 1.165) is 24.6 Å². The summed E-state index contributed by atoms with van der Waals surface area (Å²) < 4.78 is 12.2. The number of piperidine rings is 1. The number of ether oxygens (including phenoxy) is 2. The second kappa shape index (κ2) is 13.1. The van der Waals surface area contributed by atoms with Crippen LogP contribution in [0.25, 0.3) is 0 Å². The number of para-hydroxylation sites is 2. The van der Waals surface area contributed by atoms with Gasteiger partial charge in [-0.1, -0.05) is 42.5 Å². The average Bonchev–Trinajstić information content (AvgIpc) is 2.79. The third-order valence-electron chi connectivity index (χ3n) is 4.66.